The van der Waals surface area contributed by atoms with E-state index in [-0.39, 0.29) is 19.5 Å². The summed E-state index contributed by atoms with van der Waals surface area (Å²) in [6, 6.07) is 6.04. The Morgan fingerprint density at radius 1 is 1.44 bits per heavy atom. The van der Waals surface area contributed by atoms with Crippen molar-refractivity contribution >= 4 is 33.8 Å². The van der Waals surface area contributed by atoms with Crippen molar-refractivity contribution in [2.24, 2.45) is 0 Å². The smallest absolute Gasteiger partial charge is 0.159 e. The molecule has 1 aromatic carbocycles. The number of thiazole rings is 1. The van der Waals surface area contributed by atoms with Gasteiger partial charge in [-0.1, -0.05) is 13.3 Å². The van der Waals surface area contributed by atoms with Gasteiger partial charge in [0.25, 0.3) is 0 Å². The average molecular weight is 305 g/mol. The second kappa shape index (κ2) is 6.48. The second-order valence-corrected chi connectivity index (χ2v) is 5.09. The molecule has 5 heteroatoms. The van der Waals surface area contributed by atoms with E-state index >= 15 is 0 Å². The van der Waals surface area contributed by atoms with Gasteiger partial charge in [-0.3, -0.25) is 0 Å². The molecule has 0 aliphatic rings. The Labute approximate surface area is 117 Å². The molecule has 0 saturated heterocycles. The minimum atomic E-state index is 0. The van der Waals surface area contributed by atoms with Crippen LogP contribution in [0.25, 0.3) is 10.2 Å². The molecular weight excluding hydrogens is 292 g/mol. The Hall–Kier alpha value is -0.247. The van der Waals surface area contributed by atoms with Crippen LogP contribution in [0.2, 0.25) is 0 Å². The minimum Gasteiger partial charge on any atom is -0.494 e. The van der Waals surface area contributed by atoms with Gasteiger partial charge in [-0.25, -0.2) is 0 Å². The molecule has 0 fully saturated rings. The third kappa shape index (κ3) is 3.37. The van der Waals surface area contributed by atoms with Gasteiger partial charge in [0.15, 0.2) is 3.95 Å². The van der Waals surface area contributed by atoms with Crippen molar-refractivity contribution in [2.45, 2.75) is 19.8 Å². The molecule has 0 spiro atoms. The predicted molar refractivity (Wildman–Crippen MR) is 67.4 cm³/mol. The molecule has 0 atom stereocenters. The van der Waals surface area contributed by atoms with Gasteiger partial charge >= 0.3 is 0 Å². The number of aromatic amines is 1. The van der Waals surface area contributed by atoms with Crippen molar-refractivity contribution < 1.29 is 24.2 Å². The predicted octanol–water partition coefficient (Wildman–Crippen LogP) is 4.14. The summed E-state index contributed by atoms with van der Waals surface area (Å²) >= 11 is 6.67. The van der Waals surface area contributed by atoms with E-state index in [1.54, 1.807) is 11.3 Å². The minimum absolute atomic E-state index is 0. The van der Waals surface area contributed by atoms with Crippen LogP contribution in [0.3, 0.4) is 0 Å². The van der Waals surface area contributed by atoms with Crippen molar-refractivity contribution in [1.29, 1.82) is 0 Å². The maximum absolute atomic E-state index is 5.62. The van der Waals surface area contributed by atoms with E-state index in [9.17, 15) is 0 Å². The van der Waals surface area contributed by atoms with E-state index in [0.717, 1.165) is 39.4 Å². The summed E-state index contributed by atoms with van der Waals surface area (Å²) in [5.74, 6) is 0.932. The van der Waals surface area contributed by atoms with E-state index in [2.05, 4.69) is 11.9 Å². The summed E-state index contributed by atoms with van der Waals surface area (Å²) in [7, 11) is 0. The Morgan fingerprint density at radius 3 is 3.00 bits per heavy atom. The molecular formula is C11H13NOS2Zn. The zero-order valence-electron chi connectivity index (χ0n) is 9.29. The summed E-state index contributed by atoms with van der Waals surface area (Å²) in [6.45, 7) is 2.95. The number of fused-ring (bicyclic) bond motifs is 1. The van der Waals surface area contributed by atoms with Crippen LogP contribution in [-0.4, -0.2) is 11.6 Å². The first-order valence-electron chi connectivity index (χ1n) is 5.05. The quantitative estimate of drug-likeness (QED) is 0.522. The molecule has 1 N–H and O–H groups in total. The Kier molecular flexibility index (Phi) is 5.60. The average Bonchev–Trinajstić information content (AvgIpc) is 2.57. The zero-order valence-corrected chi connectivity index (χ0v) is 13.9. The van der Waals surface area contributed by atoms with Gasteiger partial charge in [0.2, 0.25) is 0 Å². The Bertz CT molecular complexity index is 506. The molecule has 0 saturated carbocycles. The molecule has 82 valence electrons. The third-order valence-electron chi connectivity index (χ3n) is 2.16. The molecule has 2 nitrogen and oxygen atoms in total. The maximum atomic E-state index is 5.62. The van der Waals surface area contributed by atoms with Crippen LogP contribution in [0.15, 0.2) is 18.2 Å². The Balaban J connectivity index is 0.00000128. The van der Waals surface area contributed by atoms with Crippen molar-refractivity contribution in [3.63, 3.8) is 0 Å². The van der Waals surface area contributed by atoms with E-state index in [4.69, 9.17) is 17.0 Å². The van der Waals surface area contributed by atoms with E-state index < -0.39 is 0 Å². The zero-order chi connectivity index (χ0) is 10.7. The maximum Gasteiger partial charge on any atom is 0.159 e. The van der Waals surface area contributed by atoms with Crippen LogP contribution in [-0.2, 0) is 19.5 Å². The van der Waals surface area contributed by atoms with Gasteiger partial charge < -0.3 is 9.72 Å². The molecule has 2 rings (SSSR count). The van der Waals surface area contributed by atoms with Crippen LogP contribution < -0.4 is 4.74 Å². The summed E-state index contributed by atoms with van der Waals surface area (Å²) in [5.41, 5.74) is 1.09. The molecule has 16 heavy (non-hydrogen) atoms. The molecule has 1 aromatic heterocycles. The molecule has 0 radical (unpaired) electrons. The number of hydrogen-bond donors (Lipinski definition) is 1. The number of hydrogen-bond acceptors (Lipinski definition) is 3. The first-order valence-corrected chi connectivity index (χ1v) is 6.28. The van der Waals surface area contributed by atoms with Crippen molar-refractivity contribution in [1.82, 2.24) is 4.98 Å². The summed E-state index contributed by atoms with van der Waals surface area (Å²) in [6.07, 6.45) is 2.26. The van der Waals surface area contributed by atoms with Crippen LogP contribution in [0.5, 0.6) is 5.75 Å². The molecule has 2 aromatic rings. The summed E-state index contributed by atoms with van der Waals surface area (Å²) in [4.78, 5) is 3.13. The monoisotopic (exact) mass is 303 g/mol. The first kappa shape index (κ1) is 13.8. The number of unbranched alkanes of at least 4 members (excludes halogenated alkanes) is 1. The van der Waals surface area contributed by atoms with Gasteiger partial charge in [-0.05, 0) is 36.8 Å². The van der Waals surface area contributed by atoms with Crippen LogP contribution in [0.4, 0.5) is 0 Å². The van der Waals surface area contributed by atoms with E-state index in [0.29, 0.717) is 0 Å². The number of ether oxygens (including phenoxy) is 1. The Morgan fingerprint density at radius 2 is 2.25 bits per heavy atom. The molecule has 0 unspecified atom stereocenters. The van der Waals surface area contributed by atoms with Gasteiger partial charge in [-0.2, -0.15) is 0 Å². The van der Waals surface area contributed by atoms with Crippen LogP contribution in [0, 0.1) is 3.95 Å². The number of nitrogens with one attached hydrogen (secondary N) is 1. The van der Waals surface area contributed by atoms with Gasteiger partial charge in [0.1, 0.15) is 5.75 Å². The van der Waals surface area contributed by atoms with Crippen molar-refractivity contribution in [3.8, 4) is 5.75 Å². The van der Waals surface area contributed by atoms with Crippen molar-refractivity contribution in [3.05, 3.63) is 22.2 Å². The normalized spacial score (nSPS) is 10.1. The van der Waals surface area contributed by atoms with Crippen LogP contribution in [0.1, 0.15) is 19.8 Å². The van der Waals surface area contributed by atoms with Gasteiger partial charge in [-0.15, -0.1) is 11.3 Å². The van der Waals surface area contributed by atoms with Crippen molar-refractivity contribution in [2.75, 3.05) is 6.61 Å². The first-order chi connectivity index (χ1) is 7.29. The third-order valence-corrected chi connectivity index (χ3v) is 3.36. The fraction of sp³-hybridized carbons (Fsp3) is 0.364. The molecule has 0 aliphatic carbocycles. The largest absolute Gasteiger partial charge is 0.494 e. The van der Waals surface area contributed by atoms with Gasteiger partial charge in [0.05, 0.1) is 16.8 Å². The summed E-state index contributed by atoms with van der Waals surface area (Å²) in [5, 5.41) is 0. The van der Waals surface area contributed by atoms with E-state index in [1.165, 1.54) is 0 Å². The summed E-state index contributed by atoms with van der Waals surface area (Å²) < 4.78 is 7.60. The number of benzene rings is 1. The number of rotatable bonds is 4. The standard InChI is InChI=1S/C11H13NOS2.Zn/c1-2-3-6-13-8-4-5-9-10(7-8)15-11(14)12-9;/h4-5,7H,2-3,6H2,1H3,(H,12,14);. The number of H-pyrrole nitrogens is 1. The van der Waals surface area contributed by atoms with Crippen LogP contribution >= 0.6 is 23.6 Å². The van der Waals surface area contributed by atoms with Gasteiger partial charge in [0, 0.05) is 19.5 Å². The topological polar surface area (TPSA) is 25.0 Å². The fourth-order valence-corrected chi connectivity index (χ4v) is 2.49. The molecule has 0 aliphatic heterocycles. The second-order valence-electron chi connectivity index (χ2n) is 3.37. The SMILES string of the molecule is CCCCOc1ccc2[nH]c(=S)sc2c1.[Zn]. The fourth-order valence-electron chi connectivity index (χ4n) is 1.35. The molecule has 0 bridgehead atoms. The molecule has 1 heterocycles. The molecule has 0 amide bonds. The van der Waals surface area contributed by atoms with E-state index in [1.807, 2.05) is 18.2 Å². The number of aromatic nitrogens is 1.